The summed E-state index contributed by atoms with van der Waals surface area (Å²) in [7, 11) is 0. The Kier molecular flexibility index (Phi) is 4.48. The molecule has 88 valence electrons. The van der Waals surface area contributed by atoms with E-state index in [9.17, 15) is 0 Å². The van der Waals surface area contributed by atoms with Crippen molar-refractivity contribution in [1.29, 1.82) is 0 Å². The highest BCUT2D eigenvalue weighted by Gasteiger charge is 2.10. The molecular formula is C12H12ClN3O. The van der Waals surface area contributed by atoms with E-state index < -0.39 is 0 Å². The molecule has 0 fully saturated rings. The largest absolute Gasteiger partial charge is 0.410 e. The summed E-state index contributed by atoms with van der Waals surface area (Å²) in [5.74, 6) is 0. The van der Waals surface area contributed by atoms with Crippen LogP contribution in [0.15, 0.2) is 53.9 Å². The molecule has 5 heteroatoms. The van der Waals surface area contributed by atoms with Crippen LogP contribution in [-0.4, -0.2) is 15.9 Å². The summed E-state index contributed by atoms with van der Waals surface area (Å²) in [6.07, 6.45) is 3.18. The van der Waals surface area contributed by atoms with Gasteiger partial charge in [0.1, 0.15) is 5.71 Å². The Balaban J connectivity index is 0.00000144. The molecule has 0 bridgehead atoms. The van der Waals surface area contributed by atoms with E-state index in [0.29, 0.717) is 17.0 Å². The minimum Gasteiger partial charge on any atom is -0.410 e. The molecule has 0 unspecified atom stereocenters. The summed E-state index contributed by atoms with van der Waals surface area (Å²) >= 11 is 0. The molecule has 1 aromatic carbocycles. The third kappa shape index (κ3) is 2.73. The number of rotatable bonds is 2. The first-order chi connectivity index (χ1) is 7.83. The fraction of sp³-hybridized carbons (Fsp3) is 0. The van der Waals surface area contributed by atoms with Gasteiger partial charge in [0.15, 0.2) is 0 Å². The average molecular weight is 250 g/mol. The topological polar surface area (TPSA) is 71.5 Å². The maximum absolute atomic E-state index is 9.06. The zero-order valence-electron chi connectivity index (χ0n) is 8.95. The highest BCUT2D eigenvalue weighted by atomic mass is 35.5. The van der Waals surface area contributed by atoms with Crippen molar-refractivity contribution in [3.63, 3.8) is 0 Å². The van der Waals surface area contributed by atoms with Gasteiger partial charge >= 0.3 is 0 Å². The van der Waals surface area contributed by atoms with E-state index in [4.69, 9.17) is 10.9 Å². The Hall–Kier alpha value is -2.07. The molecule has 2 rings (SSSR count). The Bertz CT molecular complexity index is 514. The third-order valence-corrected chi connectivity index (χ3v) is 2.26. The van der Waals surface area contributed by atoms with E-state index >= 15 is 0 Å². The van der Waals surface area contributed by atoms with Crippen molar-refractivity contribution < 1.29 is 5.21 Å². The number of benzene rings is 1. The van der Waals surface area contributed by atoms with Gasteiger partial charge in [-0.1, -0.05) is 35.5 Å². The number of hydrogen-bond donors (Lipinski definition) is 2. The van der Waals surface area contributed by atoms with Crippen LogP contribution in [0.3, 0.4) is 0 Å². The fourth-order valence-electron chi connectivity index (χ4n) is 1.47. The van der Waals surface area contributed by atoms with Gasteiger partial charge in [0.2, 0.25) is 0 Å². The van der Waals surface area contributed by atoms with Crippen molar-refractivity contribution in [3.8, 4) is 0 Å². The van der Waals surface area contributed by atoms with E-state index in [2.05, 4.69) is 10.1 Å². The highest BCUT2D eigenvalue weighted by molar-refractivity contribution is 6.15. The van der Waals surface area contributed by atoms with Gasteiger partial charge in [-0.25, -0.2) is 0 Å². The van der Waals surface area contributed by atoms with E-state index in [0.717, 1.165) is 5.56 Å². The summed E-state index contributed by atoms with van der Waals surface area (Å²) < 4.78 is 0. The monoisotopic (exact) mass is 249 g/mol. The lowest BCUT2D eigenvalue weighted by Gasteiger charge is -2.06. The van der Waals surface area contributed by atoms with Crippen molar-refractivity contribution in [2.24, 2.45) is 5.16 Å². The number of oxime groups is 1. The van der Waals surface area contributed by atoms with Gasteiger partial charge in [0, 0.05) is 29.2 Å². The Labute approximate surface area is 105 Å². The molecule has 0 amide bonds. The van der Waals surface area contributed by atoms with Crippen LogP contribution < -0.4 is 5.73 Å². The molecule has 1 aromatic heterocycles. The van der Waals surface area contributed by atoms with Gasteiger partial charge in [-0.2, -0.15) is 0 Å². The van der Waals surface area contributed by atoms with Gasteiger partial charge in [-0.15, -0.1) is 12.4 Å². The SMILES string of the molecule is Cl.Nc1ccncc1C(=NO)c1ccccc1. The average Bonchev–Trinajstić information content (AvgIpc) is 2.34. The van der Waals surface area contributed by atoms with Crippen LogP contribution in [0.2, 0.25) is 0 Å². The molecule has 4 nitrogen and oxygen atoms in total. The van der Waals surface area contributed by atoms with Crippen LogP contribution in [0.4, 0.5) is 5.69 Å². The molecule has 0 atom stereocenters. The van der Waals surface area contributed by atoms with E-state index in [1.807, 2.05) is 30.3 Å². The predicted octanol–water partition coefficient (Wildman–Crippen LogP) is 2.31. The van der Waals surface area contributed by atoms with Crippen molar-refractivity contribution in [2.45, 2.75) is 0 Å². The molecule has 0 saturated heterocycles. The summed E-state index contributed by atoms with van der Waals surface area (Å²) in [6, 6.07) is 11.0. The normalized spacial score (nSPS) is 10.7. The highest BCUT2D eigenvalue weighted by Crippen LogP contribution is 2.15. The van der Waals surface area contributed by atoms with E-state index in [1.165, 1.54) is 0 Å². The lowest BCUT2D eigenvalue weighted by atomic mass is 10.0. The summed E-state index contributed by atoms with van der Waals surface area (Å²) in [5.41, 5.74) is 8.18. The first-order valence-electron chi connectivity index (χ1n) is 4.80. The van der Waals surface area contributed by atoms with Crippen LogP contribution in [-0.2, 0) is 0 Å². The Morgan fingerprint density at radius 1 is 1.18 bits per heavy atom. The Morgan fingerprint density at radius 2 is 1.88 bits per heavy atom. The molecule has 0 spiro atoms. The molecule has 3 N–H and O–H groups in total. The molecule has 0 aliphatic heterocycles. The van der Waals surface area contributed by atoms with Crippen LogP contribution in [0.25, 0.3) is 0 Å². The first kappa shape index (κ1) is 13.0. The maximum atomic E-state index is 9.06. The van der Waals surface area contributed by atoms with Gasteiger partial charge in [0.05, 0.1) is 0 Å². The van der Waals surface area contributed by atoms with E-state index in [-0.39, 0.29) is 12.4 Å². The quantitative estimate of drug-likeness (QED) is 0.487. The molecule has 0 aliphatic rings. The van der Waals surface area contributed by atoms with Gasteiger partial charge in [-0.05, 0) is 6.07 Å². The Morgan fingerprint density at radius 3 is 2.47 bits per heavy atom. The van der Waals surface area contributed by atoms with Crippen LogP contribution in [0.5, 0.6) is 0 Å². The number of halogens is 1. The lowest BCUT2D eigenvalue weighted by molar-refractivity contribution is 0.319. The fourth-order valence-corrected chi connectivity index (χ4v) is 1.47. The van der Waals surface area contributed by atoms with Crippen molar-refractivity contribution in [1.82, 2.24) is 4.98 Å². The molecule has 0 radical (unpaired) electrons. The molecule has 17 heavy (non-hydrogen) atoms. The smallest absolute Gasteiger partial charge is 0.120 e. The number of hydrogen-bond acceptors (Lipinski definition) is 4. The molecular weight excluding hydrogens is 238 g/mol. The third-order valence-electron chi connectivity index (χ3n) is 2.26. The van der Waals surface area contributed by atoms with Crippen molar-refractivity contribution in [2.75, 3.05) is 5.73 Å². The summed E-state index contributed by atoms with van der Waals surface area (Å²) in [5, 5.41) is 12.3. The summed E-state index contributed by atoms with van der Waals surface area (Å²) in [6.45, 7) is 0. The molecule has 2 aromatic rings. The molecule has 1 heterocycles. The van der Waals surface area contributed by atoms with Gasteiger partial charge in [-0.3, -0.25) is 4.98 Å². The van der Waals surface area contributed by atoms with Crippen LogP contribution in [0, 0.1) is 0 Å². The number of anilines is 1. The zero-order valence-corrected chi connectivity index (χ0v) is 9.76. The molecule has 0 saturated carbocycles. The second-order valence-corrected chi connectivity index (χ2v) is 3.28. The standard InChI is InChI=1S/C12H11N3O.ClH/c13-11-6-7-14-8-10(11)12(15-16)9-4-2-1-3-5-9;/h1-8,16H,(H2,13,14);1H. The summed E-state index contributed by atoms with van der Waals surface area (Å²) in [4.78, 5) is 3.97. The predicted molar refractivity (Wildman–Crippen MR) is 69.8 cm³/mol. The number of aromatic nitrogens is 1. The minimum absolute atomic E-state index is 0. The number of pyridine rings is 1. The van der Waals surface area contributed by atoms with E-state index in [1.54, 1.807) is 18.5 Å². The van der Waals surface area contributed by atoms with Crippen LogP contribution in [0.1, 0.15) is 11.1 Å². The second kappa shape index (κ2) is 5.86. The molecule has 0 aliphatic carbocycles. The van der Waals surface area contributed by atoms with Crippen molar-refractivity contribution in [3.05, 3.63) is 59.9 Å². The zero-order chi connectivity index (χ0) is 11.4. The minimum atomic E-state index is 0. The number of nitrogen functional groups attached to an aromatic ring is 1. The van der Waals surface area contributed by atoms with Gasteiger partial charge < -0.3 is 10.9 Å². The lowest BCUT2D eigenvalue weighted by Crippen LogP contribution is -2.07. The number of nitrogens with zero attached hydrogens (tertiary/aromatic N) is 2. The van der Waals surface area contributed by atoms with Crippen molar-refractivity contribution >= 4 is 23.8 Å². The maximum Gasteiger partial charge on any atom is 0.120 e. The number of nitrogens with two attached hydrogens (primary N) is 1. The second-order valence-electron chi connectivity index (χ2n) is 3.28. The van der Waals surface area contributed by atoms with Crippen LogP contribution >= 0.6 is 12.4 Å². The first-order valence-corrected chi connectivity index (χ1v) is 4.80. The van der Waals surface area contributed by atoms with Gasteiger partial charge in [0.25, 0.3) is 0 Å².